The molecule has 126 valence electrons. The Kier molecular flexibility index (Phi) is 5.42. The summed E-state index contributed by atoms with van der Waals surface area (Å²) in [6.07, 6.45) is 2.35. The van der Waals surface area contributed by atoms with E-state index in [1.54, 1.807) is 18.3 Å². The second-order valence-electron chi connectivity index (χ2n) is 5.66. The summed E-state index contributed by atoms with van der Waals surface area (Å²) in [4.78, 5) is 16.8. The number of rotatable bonds is 6. The second kappa shape index (κ2) is 8.11. The number of aromatic nitrogens is 1. The quantitative estimate of drug-likeness (QED) is 0.690. The molecule has 0 saturated heterocycles. The van der Waals surface area contributed by atoms with E-state index >= 15 is 0 Å². The number of carbonyl (C=O) groups is 1. The first-order valence-electron chi connectivity index (χ1n) is 8.31. The highest BCUT2D eigenvalue weighted by atomic mass is 16.5. The molecule has 1 heterocycles. The normalized spacial score (nSPS) is 11.6. The molecule has 3 aromatic rings. The molecule has 0 spiro atoms. The first-order valence-corrected chi connectivity index (χ1v) is 8.31. The van der Waals surface area contributed by atoms with Crippen molar-refractivity contribution >= 4 is 11.6 Å². The van der Waals surface area contributed by atoms with Crippen LogP contribution in [-0.2, 0) is 4.79 Å². The van der Waals surface area contributed by atoms with Crippen LogP contribution in [0, 0.1) is 0 Å². The van der Waals surface area contributed by atoms with Gasteiger partial charge in [-0.1, -0.05) is 55.5 Å². The van der Waals surface area contributed by atoms with E-state index in [1.165, 1.54) is 0 Å². The fourth-order valence-electron chi connectivity index (χ4n) is 2.64. The molecule has 3 rings (SSSR count). The molecule has 0 saturated carbocycles. The summed E-state index contributed by atoms with van der Waals surface area (Å²) in [5.41, 5.74) is 1.68. The van der Waals surface area contributed by atoms with Gasteiger partial charge in [-0.15, -0.1) is 0 Å². The third-order valence-corrected chi connectivity index (χ3v) is 3.89. The highest BCUT2D eigenvalue weighted by Crippen LogP contribution is 2.24. The Balaban J connectivity index is 1.72. The van der Waals surface area contributed by atoms with Gasteiger partial charge in [-0.25, -0.2) is 4.98 Å². The van der Waals surface area contributed by atoms with Crippen molar-refractivity contribution in [2.75, 3.05) is 5.32 Å². The summed E-state index contributed by atoms with van der Waals surface area (Å²) in [6.45, 7) is 2.01. The lowest BCUT2D eigenvalue weighted by Gasteiger charge is -2.15. The summed E-state index contributed by atoms with van der Waals surface area (Å²) in [5, 5.41) is 2.96. The Morgan fingerprint density at radius 3 is 2.40 bits per heavy atom. The molecule has 0 aliphatic heterocycles. The zero-order valence-electron chi connectivity index (χ0n) is 14.1. The van der Waals surface area contributed by atoms with Gasteiger partial charge in [0, 0.05) is 18.0 Å². The molecule has 25 heavy (non-hydrogen) atoms. The van der Waals surface area contributed by atoms with Gasteiger partial charge >= 0.3 is 0 Å². The summed E-state index contributed by atoms with van der Waals surface area (Å²) in [7, 11) is 0. The number of para-hydroxylation sites is 1. The number of hydrogen-bond acceptors (Lipinski definition) is 3. The van der Waals surface area contributed by atoms with Gasteiger partial charge in [-0.05, 0) is 30.2 Å². The Hall–Kier alpha value is -3.14. The number of anilines is 1. The van der Waals surface area contributed by atoms with Crippen molar-refractivity contribution in [3.05, 3.63) is 84.6 Å². The highest BCUT2D eigenvalue weighted by molar-refractivity contribution is 5.95. The fourth-order valence-corrected chi connectivity index (χ4v) is 2.64. The monoisotopic (exact) mass is 332 g/mol. The molecule has 1 amide bonds. The minimum atomic E-state index is -0.187. The summed E-state index contributed by atoms with van der Waals surface area (Å²) in [5.74, 6) is 0.921. The lowest BCUT2D eigenvalue weighted by Crippen LogP contribution is -2.20. The van der Waals surface area contributed by atoms with Crippen LogP contribution in [0.2, 0.25) is 0 Å². The first kappa shape index (κ1) is 16.7. The maximum atomic E-state index is 12.6. The zero-order chi connectivity index (χ0) is 17.5. The van der Waals surface area contributed by atoms with Crippen molar-refractivity contribution in [2.24, 2.45) is 0 Å². The van der Waals surface area contributed by atoms with Gasteiger partial charge in [-0.2, -0.15) is 0 Å². The van der Waals surface area contributed by atoms with Crippen LogP contribution in [0.25, 0.3) is 0 Å². The molecule has 0 radical (unpaired) electrons. The van der Waals surface area contributed by atoms with Gasteiger partial charge in [0.1, 0.15) is 5.75 Å². The molecule has 0 fully saturated rings. The molecule has 2 aromatic carbocycles. The predicted molar refractivity (Wildman–Crippen MR) is 98.9 cm³/mol. The Bertz CT molecular complexity index is 820. The van der Waals surface area contributed by atoms with Gasteiger partial charge in [-0.3, -0.25) is 4.79 Å². The summed E-state index contributed by atoms with van der Waals surface area (Å²) < 4.78 is 5.71. The molecular weight excluding hydrogens is 312 g/mol. The SMILES string of the molecule is CCC(C(=O)Nc1ccnc(Oc2ccccc2)c1)c1ccccc1. The Labute approximate surface area is 147 Å². The summed E-state index contributed by atoms with van der Waals surface area (Å²) >= 11 is 0. The highest BCUT2D eigenvalue weighted by Gasteiger charge is 2.18. The predicted octanol–water partition coefficient (Wildman–Crippen LogP) is 5.01. The minimum Gasteiger partial charge on any atom is -0.439 e. The number of amides is 1. The van der Waals surface area contributed by atoms with Crippen LogP contribution in [0.1, 0.15) is 24.8 Å². The lowest BCUT2D eigenvalue weighted by molar-refractivity contribution is -0.117. The molecule has 0 aliphatic rings. The number of ether oxygens (including phenoxy) is 1. The molecule has 1 unspecified atom stereocenters. The molecule has 1 N–H and O–H groups in total. The van der Waals surface area contributed by atoms with Crippen molar-refractivity contribution in [1.82, 2.24) is 4.98 Å². The van der Waals surface area contributed by atoms with Crippen LogP contribution in [0.5, 0.6) is 11.6 Å². The number of carbonyl (C=O) groups excluding carboxylic acids is 1. The van der Waals surface area contributed by atoms with Crippen molar-refractivity contribution < 1.29 is 9.53 Å². The van der Waals surface area contributed by atoms with Crippen molar-refractivity contribution in [2.45, 2.75) is 19.3 Å². The first-order chi connectivity index (χ1) is 12.3. The maximum absolute atomic E-state index is 12.6. The van der Waals surface area contributed by atoms with E-state index in [0.717, 1.165) is 12.0 Å². The minimum absolute atomic E-state index is 0.0365. The molecule has 1 aromatic heterocycles. The van der Waals surface area contributed by atoms with Crippen LogP contribution in [-0.4, -0.2) is 10.9 Å². The zero-order valence-corrected chi connectivity index (χ0v) is 14.1. The van der Waals surface area contributed by atoms with E-state index < -0.39 is 0 Å². The molecule has 1 atom stereocenters. The van der Waals surface area contributed by atoms with Crippen LogP contribution < -0.4 is 10.1 Å². The van der Waals surface area contributed by atoms with Crippen molar-refractivity contribution in [3.8, 4) is 11.6 Å². The van der Waals surface area contributed by atoms with E-state index in [4.69, 9.17) is 4.74 Å². The van der Waals surface area contributed by atoms with Crippen molar-refractivity contribution in [3.63, 3.8) is 0 Å². The number of benzene rings is 2. The van der Waals surface area contributed by atoms with E-state index in [2.05, 4.69) is 10.3 Å². The second-order valence-corrected chi connectivity index (χ2v) is 5.66. The number of nitrogens with one attached hydrogen (secondary N) is 1. The van der Waals surface area contributed by atoms with E-state index in [9.17, 15) is 4.79 Å². The molecule has 4 nitrogen and oxygen atoms in total. The third kappa shape index (κ3) is 4.44. The third-order valence-electron chi connectivity index (χ3n) is 3.89. The van der Waals surface area contributed by atoms with Gasteiger partial charge in [0.25, 0.3) is 0 Å². The maximum Gasteiger partial charge on any atom is 0.231 e. The summed E-state index contributed by atoms with van der Waals surface area (Å²) in [6, 6.07) is 22.7. The molecule has 0 bridgehead atoms. The topological polar surface area (TPSA) is 51.2 Å². The Morgan fingerprint density at radius 2 is 1.72 bits per heavy atom. The van der Waals surface area contributed by atoms with Gasteiger partial charge in [0.15, 0.2) is 0 Å². The van der Waals surface area contributed by atoms with Gasteiger partial charge in [0.05, 0.1) is 5.92 Å². The molecule has 4 heteroatoms. The van der Waals surface area contributed by atoms with Gasteiger partial charge < -0.3 is 10.1 Å². The number of nitrogens with zero attached hydrogens (tertiary/aromatic N) is 1. The number of pyridine rings is 1. The average molecular weight is 332 g/mol. The molecular formula is C21H20N2O2. The van der Waals surface area contributed by atoms with E-state index in [0.29, 0.717) is 17.3 Å². The smallest absolute Gasteiger partial charge is 0.231 e. The molecule has 0 aliphatic carbocycles. The van der Waals surface area contributed by atoms with Crippen LogP contribution in [0.15, 0.2) is 79.0 Å². The average Bonchev–Trinajstić information content (AvgIpc) is 2.64. The van der Waals surface area contributed by atoms with E-state index in [-0.39, 0.29) is 11.8 Å². The number of hydrogen-bond donors (Lipinski definition) is 1. The largest absolute Gasteiger partial charge is 0.439 e. The standard InChI is InChI=1S/C21H20N2O2/c1-2-19(16-9-5-3-6-10-16)21(24)23-17-13-14-22-20(15-17)25-18-11-7-4-8-12-18/h3-15,19H,2H2,1H3,(H,22,23,24). The Morgan fingerprint density at radius 1 is 1.04 bits per heavy atom. The fraction of sp³-hybridized carbons (Fsp3) is 0.143. The van der Waals surface area contributed by atoms with Crippen LogP contribution >= 0.6 is 0 Å². The van der Waals surface area contributed by atoms with Gasteiger partial charge in [0.2, 0.25) is 11.8 Å². The lowest BCUT2D eigenvalue weighted by atomic mass is 9.95. The van der Waals surface area contributed by atoms with Crippen LogP contribution in [0.3, 0.4) is 0 Å². The van der Waals surface area contributed by atoms with Crippen molar-refractivity contribution in [1.29, 1.82) is 0 Å². The van der Waals surface area contributed by atoms with Crippen LogP contribution in [0.4, 0.5) is 5.69 Å². The van der Waals surface area contributed by atoms with E-state index in [1.807, 2.05) is 67.6 Å².